The van der Waals surface area contributed by atoms with Crippen LogP contribution in [0.15, 0.2) is 12.1 Å². The van der Waals surface area contributed by atoms with Crippen molar-refractivity contribution in [3.8, 4) is 0 Å². The number of nitrogens with zero attached hydrogens (tertiary/aromatic N) is 2. The zero-order valence-electron chi connectivity index (χ0n) is 18.9. The van der Waals surface area contributed by atoms with E-state index >= 15 is 0 Å². The molecule has 1 saturated heterocycles. The summed E-state index contributed by atoms with van der Waals surface area (Å²) in [6.07, 6.45) is 5.64. The van der Waals surface area contributed by atoms with Crippen molar-refractivity contribution in [2.45, 2.75) is 78.6 Å². The molecule has 5 heteroatoms. The third-order valence-electron chi connectivity index (χ3n) is 7.87. The van der Waals surface area contributed by atoms with E-state index in [9.17, 15) is 0 Å². The molecule has 0 amide bonds. The maximum Gasteiger partial charge on any atom is 0.129 e. The number of anilines is 2. The van der Waals surface area contributed by atoms with Crippen LogP contribution < -0.4 is 16.0 Å². The first kappa shape index (κ1) is 20.9. The molecule has 4 fully saturated rings. The third-order valence-corrected chi connectivity index (χ3v) is 7.87. The Labute approximate surface area is 176 Å². The first-order valence-electron chi connectivity index (χ1n) is 11.6. The highest BCUT2D eigenvalue weighted by Gasteiger charge is 2.47. The predicted octanol–water partition coefficient (Wildman–Crippen LogP) is 4.21. The second kappa shape index (κ2) is 8.07. The van der Waals surface area contributed by atoms with Gasteiger partial charge in [0, 0.05) is 25.7 Å². The van der Waals surface area contributed by atoms with Crippen LogP contribution in [0.1, 0.15) is 59.1 Å². The largest absolute Gasteiger partial charge is 0.383 e. The molecule has 2 bridgehead atoms. The molecule has 1 aromatic heterocycles. The van der Waals surface area contributed by atoms with E-state index in [1.54, 1.807) is 0 Å². The van der Waals surface area contributed by atoms with E-state index < -0.39 is 0 Å². The van der Waals surface area contributed by atoms with E-state index in [1.165, 1.54) is 31.4 Å². The number of aryl methyl sites for hydroxylation is 1. The van der Waals surface area contributed by atoms with Crippen LogP contribution in [0.5, 0.6) is 0 Å². The summed E-state index contributed by atoms with van der Waals surface area (Å²) in [6.45, 7) is 14.0. The van der Waals surface area contributed by atoms with Crippen molar-refractivity contribution in [2.75, 3.05) is 29.9 Å². The van der Waals surface area contributed by atoms with Crippen LogP contribution in [0.4, 0.5) is 11.5 Å². The van der Waals surface area contributed by atoms with Crippen molar-refractivity contribution in [1.29, 1.82) is 0 Å². The van der Waals surface area contributed by atoms with Gasteiger partial charge in [-0.3, -0.25) is 0 Å². The van der Waals surface area contributed by atoms with Gasteiger partial charge in [-0.15, -0.1) is 0 Å². The molecule has 0 radical (unpaired) electrons. The Bertz CT molecular complexity index is 715. The van der Waals surface area contributed by atoms with Gasteiger partial charge < -0.3 is 20.7 Å². The molecular formula is C24H40N4O. The number of hydrogen-bond donors (Lipinski definition) is 2. The Morgan fingerprint density at radius 2 is 1.83 bits per heavy atom. The lowest BCUT2D eigenvalue weighted by molar-refractivity contribution is -0.00546. The van der Waals surface area contributed by atoms with Gasteiger partial charge in [-0.05, 0) is 81.8 Å². The zero-order chi connectivity index (χ0) is 20.8. The summed E-state index contributed by atoms with van der Waals surface area (Å²) in [5.41, 5.74) is 9.25. The SMILES string of the molecule is Cc1nc(N2CC(C)OC(C)C2)ccc1NCC12CCC(C(C)C1)C(N)C(C)C2. The van der Waals surface area contributed by atoms with Crippen molar-refractivity contribution in [2.24, 2.45) is 28.9 Å². The van der Waals surface area contributed by atoms with Crippen LogP contribution in [0, 0.1) is 30.1 Å². The molecule has 2 heterocycles. The number of rotatable bonds is 4. The quantitative estimate of drug-likeness (QED) is 0.793. The number of pyridine rings is 1. The van der Waals surface area contributed by atoms with Crippen molar-refractivity contribution < 1.29 is 4.74 Å². The van der Waals surface area contributed by atoms with Gasteiger partial charge in [0.25, 0.3) is 0 Å². The minimum absolute atomic E-state index is 0.249. The van der Waals surface area contributed by atoms with E-state index in [4.69, 9.17) is 15.5 Å². The van der Waals surface area contributed by atoms with E-state index in [-0.39, 0.29) is 12.2 Å². The number of morpholine rings is 1. The monoisotopic (exact) mass is 400 g/mol. The average Bonchev–Trinajstić information content (AvgIpc) is 2.82. The highest BCUT2D eigenvalue weighted by molar-refractivity contribution is 5.54. The van der Waals surface area contributed by atoms with Gasteiger partial charge in [0.05, 0.1) is 23.6 Å². The molecule has 4 aliphatic rings. The lowest BCUT2D eigenvalue weighted by Crippen LogP contribution is -2.45. The van der Waals surface area contributed by atoms with Gasteiger partial charge in [0.15, 0.2) is 0 Å². The number of ether oxygens (including phenoxy) is 1. The van der Waals surface area contributed by atoms with Crippen molar-refractivity contribution in [1.82, 2.24) is 4.98 Å². The molecule has 162 valence electrons. The van der Waals surface area contributed by atoms with Gasteiger partial charge >= 0.3 is 0 Å². The topological polar surface area (TPSA) is 63.4 Å². The number of fused-ring (bicyclic) bond motifs is 4. The summed E-state index contributed by atoms with van der Waals surface area (Å²) in [4.78, 5) is 7.29. The Hall–Kier alpha value is -1.33. The number of hydrogen-bond acceptors (Lipinski definition) is 5. The predicted molar refractivity (Wildman–Crippen MR) is 120 cm³/mol. The van der Waals surface area contributed by atoms with Gasteiger partial charge in [0.2, 0.25) is 0 Å². The van der Waals surface area contributed by atoms with Gasteiger partial charge in [-0.1, -0.05) is 13.8 Å². The molecule has 0 aromatic carbocycles. The van der Waals surface area contributed by atoms with E-state index in [0.717, 1.165) is 37.1 Å². The van der Waals surface area contributed by atoms with Crippen molar-refractivity contribution >= 4 is 11.5 Å². The minimum Gasteiger partial charge on any atom is -0.383 e. The smallest absolute Gasteiger partial charge is 0.129 e. The fourth-order valence-electron chi connectivity index (χ4n) is 6.48. The van der Waals surface area contributed by atoms with Crippen LogP contribution >= 0.6 is 0 Å². The summed E-state index contributed by atoms with van der Waals surface area (Å²) in [5.74, 6) is 3.12. The lowest BCUT2D eigenvalue weighted by Gasteiger charge is -2.41. The Kier molecular flexibility index (Phi) is 5.82. The molecule has 7 unspecified atom stereocenters. The minimum atomic E-state index is 0.249. The number of nitrogens with one attached hydrogen (secondary N) is 1. The van der Waals surface area contributed by atoms with Gasteiger partial charge in [0.1, 0.15) is 5.82 Å². The first-order chi connectivity index (χ1) is 13.8. The summed E-state index contributed by atoms with van der Waals surface area (Å²) in [6, 6.07) is 4.76. The number of nitrogens with two attached hydrogens (primary N) is 1. The standard InChI is InChI=1S/C24H40N4O/c1-15-10-24(9-8-20(15)23(25)16(2)11-24)14-26-21-6-7-22(27-19(21)5)28-12-17(3)29-18(4)13-28/h6-7,15-18,20,23,26H,8-14,25H2,1-5H3. The molecule has 5 nitrogen and oxygen atoms in total. The molecule has 3 aliphatic carbocycles. The third kappa shape index (κ3) is 4.27. The maximum absolute atomic E-state index is 6.60. The second-order valence-corrected chi connectivity index (χ2v) is 10.5. The van der Waals surface area contributed by atoms with Crippen molar-refractivity contribution in [3.63, 3.8) is 0 Å². The molecule has 1 aliphatic heterocycles. The van der Waals surface area contributed by atoms with Crippen molar-refractivity contribution in [3.05, 3.63) is 17.8 Å². The Morgan fingerprint density at radius 3 is 2.48 bits per heavy atom. The summed E-state index contributed by atoms with van der Waals surface area (Å²) in [7, 11) is 0. The molecule has 3 N–H and O–H groups in total. The molecule has 7 atom stereocenters. The Balaban J connectivity index is 1.45. The summed E-state index contributed by atoms with van der Waals surface area (Å²) in [5, 5.41) is 3.78. The fraction of sp³-hybridized carbons (Fsp3) is 0.792. The van der Waals surface area contributed by atoms with Crippen LogP contribution in [-0.2, 0) is 4.74 Å². The number of aromatic nitrogens is 1. The first-order valence-corrected chi connectivity index (χ1v) is 11.6. The van der Waals surface area contributed by atoms with E-state index in [0.29, 0.717) is 23.3 Å². The van der Waals surface area contributed by atoms with Crippen LogP contribution in [0.25, 0.3) is 0 Å². The second-order valence-electron chi connectivity index (χ2n) is 10.5. The zero-order valence-corrected chi connectivity index (χ0v) is 18.9. The molecule has 3 saturated carbocycles. The van der Waals surface area contributed by atoms with Gasteiger partial charge in [-0.25, -0.2) is 4.98 Å². The normalized spacial score (nSPS) is 40.0. The lowest BCUT2D eigenvalue weighted by atomic mass is 9.66. The van der Waals surface area contributed by atoms with Crippen LogP contribution in [-0.4, -0.2) is 42.9 Å². The summed E-state index contributed by atoms with van der Waals surface area (Å²) < 4.78 is 5.87. The fourth-order valence-corrected chi connectivity index (χ4v) is 6.48. The Morgan fingerprint density at radius 1 is 1.14 bits per heavy atom. The molecule has 29 heavy (non-hydrogen) atoms. The highest BCUT2D eigenvalue weighted by Crippen LogP contribution is 2.52. The van der Waals surface area contributed by atoms with Crippen LogP contribution in [0.3, 0.4) is 0 Å². The molecule has 0 spiro atoms. The molecule has 1 aromatic rings. The molecular weight excluding hydrogens is 360 g/mol. The molecule has 5 rings (SSSR count). The maximum atomic E-state index is 6.60. The average molecular weight is 401 g/mol. The van der Waals surface area contributed by atoms with Crippen LogP contribution in [0.2, 0.25) is 0 Å². The van der Waals surface area contributed by atoms with Gasteiger partial charge in [-0.2, -0.15) is 0 Å². The highest BCUT2D eigenvalue weighted by atomic mass is 16.5. The van der Waals surface area contributed by atoms with E-state index in [2.05, 4.69) is 57.0 Å². The van der Waals surface area contributed by atoms with E-state index in [1.807, 2.05) is 0 Å². The summed E-state index contributed by atoms with van der Waals surface area (Å²) >= 11 is 0.